The van der Waals surface area contributed by atoms with Gasteiger partial charge < -0.3 is 10.1 Å². The summed E-state index contributed by atoms with van der Waals surface area (Å²) in [4.78, 5) is 1.45. The van der Waals surface area contributed by atoms with Crippen LogP contribution in [0.25, 0.3) is 0 Å². The molecular weight excluding hydrogens is 258 g/mol. The van der Waals surface area contributed by atoms with Crippen LogP contribution in [0.3, 0.4) is 0 Å². The summed E-state index contributed by atoms with van der Waals surface area (Å²) in [6, 6.07) is 0. The highest BCUT2D eigenvalue weighted by Gasteiger charge is 2.12. The topological polar surface area (TPSA) is 82.7 Å². The minimum absolute atomic E-state index is 0.540. The number of nitrogens with zero attached hydrogens (tertiary/aromatic N) is 6. The SMILES string of the molecule is COCCNCc1c(C)nn(Cc2nnn(C)n2)c1C. The summed E-state index contributed by atoms with van der Waals surface area (Å²) in [6.07, 6.45) is 0. The second-order valence-electron chi connectivity index (χ2n) is 4.67. The van der Waals surface area contributed by atoms with Gasteiger partial charge in [-0.1, -0.05) is 0 Å². The van der Waals surface area contributed by atoms with Gasteiger partial charge in [0.05, 0.1) is 19.3 Å². The van der Waals surface area contributed by atoms with Gasteiger partial charge in [0.15, 0.2) is 5.82 Å². The van der Waals surface area contributed by atoms with E-state index in [9.17, 15) is 0 Å². The summed E-state index contributed by atoms with van der Waals surface area (Å²) in [5.74, 6) is 0.664. The van der Waals surface area contributed by atoms with Crippen LogP contribution in [0.15, 0.2) is 0 Å². The smallest absolute Gasteiger partial charge is 0.196 e. The monoisotopic (exact) mass is 279 g/mol. The van der Waals surface area contributed by atoms with E-state index in [-0.39, 0.29) is 0 Å². The Morgan fingerprint density at radius 3 is 2.70 bits per heavy atom. The fraction of sp³-hybridized carbons (Fsp3) is 0.667. The number of methoxy groups -OCH3 is 1. The lowest BCUT2D eigenvalue weighted by atomic mass is 10.2. The van der Waals surface area contributed by atoms with E-state index in [1.54, 1.807) is 14.2 Å². The number of hydrogen-bond acceptors (Lipinski definition) is 6. The third-order valence-corrected chi connectivity index (χ3v) is 3.16. The van der Waals surface area contributed by atoms with Gasteiger partial charge in [0.1, 0.15) is 6.54 Å². The van der Waals surface area contributed by atoms with E-state index in [0.29, 0.717) is 19.0 Å². The van der Waals surface area contributed by atoms with Crippen LogP contribution >= 0.6 is 0 Å². The lowest BCUT2D eigenvalue weighted by Crippen LogP contribution is -2.19. The molecule has 0 saturated heterocycles. The maximum atomic E-state index is 5.02. The first-order valence-electron chi connectivity index (χ1n) is 6.57. The minimum Gasteiger partial charge on any atom is -0.383 e. The van der Waals surface area contributed by atoms with Crippen LogP contribution in [0.2, 0.25) is 0 Å². The number of aromatic nitrogens is 6. The summed E-state index contributed by atoms with van der Waals surface area (Å²) in [7, 11) is 3.45. The van der Waals surface area contributed by atoms with Crippen molar-refractivity contribution in [3.63, 3.8) is 0 Å². The molecule has 2 aromatic heterocycles. The van der Waals surface area contributed by atoms with E-state index in [1.807, 2.05) is 11.6 Å². The Morgan fingerprint density at radius 1 is 1.25 bits per heavy atom. The Balaban J connectivity index is 2.04. The maximum absolute atomic E-state index is 5.02. The van der Waals surface area contributed by atoms with Crippen molar-refractivity contribution in [1.29, 1.82) is 0 Å². The molecule has 0 spiro atoms. The zero-order chi connectivity index (χ0) is 14.5. The molecule has 0 radical (unpaired) electrons. The number of ether oxygens (including phenoxy) is 1. The van der Waals surface area contributed by atoms with Crippen LogP contribution in [0.5, 0.6) is 0 Å². The van der Waals surface area contributed by atoms with Crippen LogP contribution in [0.4, 0.5) is 0 Å². The molecule has 0 unspecified atom stereocenters. The Labute approximate surface area is 118 Å². The summed E-state index contributed by atoms with van der Waals surface area (Å²) in [5.41, 5.74) is 3.36. The summed E-state index contributed by atoms with van der Waals surface area (Å²) >= 11 is 0. The maximum Gasteiger partial charge on any atom is 0.196 e. The van der Waals surface area contributed by atoms with Gasteiger partial charge >= 0.3 is 0 Å². The molecule has 0 aliphatic rings. The Hall–Kier alpha value is -1.80. The first-order chi connectivity index (χ1) is 9.61. The quantitative estimate of drug-likeness (QED) is 0.707. The molecule has 20 heavy (non-hydrogen) atoms. The van der Waals surface area contributed by atoms with Crippen molar-refractivity contribution in [2.24, 2.45) is 7.05 Å². The fourth-order valence-corrected chi connectivity index (χ4v) is 2.05. The van der Waals surface area contributed by atoms with Crippen molar-refractivity contribution in [3.8, 4) is 0 Å². The van der Waals surface area contributed by atoms with Gasteiger partial charge in [0.25, 0.3) is 0 Å². The molecule has 8 heteroatoms. The van der Waals surface area contributed by atoms with E-state index < -0.39 is 0 Å². The third kappa shape index (κ3) is 3.40. The van der Waals surface area contributed by atoms with Crippen molar-refractivity contribution in [2.75, 3.05) is 20.3 Å². The number of hydrogen-bond donors (Lipinski definition) is 1. The van der Waals surface area contributed by atoms with Crippen LogP contribution in [0, 0.1) is 13.8 Å². The van der Waals surface area contributed by atoms with Crippen LogP contribution in [-0.4, -0.2) is 50.2 Å². The molecule has 0 saturated carbocycles. The zero-order valence-corrected chi connectivity index (χ0v) is 12.4. The molecular formula is C12H21N7O. The van der Waals surface area contributed by atoms with Crippen molar-refractivity contribution < 1.29 is 4.74 Å². The van der Waals surface area contributed by atoms with E-state index in [0.717, 1.165) is 24.5 Å². The summed E-state index contributed by atoms with van der Waals surface area (Å²) < 4.78 is 6.93. The van der Waals surface area contributed by atoms with Gasteiger partial charge in [-0.3, -0.25) is 4.68 Å². The Bertz CT molecular complexity index is 560. The average Bonchev–Trinajstić information content (AvgIpc) is 2.93. The van der Waals surface area contributed by atoms with Crippen molar-refractivity contribution in [2.45, 2.75) is 26.9 Å². The van der Waals surface area contributed by atoms with E-state index in [2.05, 4.69) is 32.7 Å². The highest BCUT2D eigenvalue weighted by atomic mass is 16.5. The number of rotatable bonds is 7. The Kier molecular flexibility index (Phi) is 4.80. The summed E-state index contributed by atoms with van der Waals surface area (Å²) in [6.45, 7) is 6.93. The highest BCUT2D eigenvalue weighted by molar-refractivity contribution is 5.24. The number of nitrogens with one attached hydrogen (secondary N) is 1. The second-order valence-corrected chi connectivity index (χ2v) is 4.67. The molecule has 2 aromatic rings. The molecule has 2 rings (SSSR count). The predicted octanol–water partition coefficient (Wildman–Crippen LogP) is -0.192. The van der Waals surface area contributed by atoms with Gasteiger partial charge in [-0.15, -0.1) is 10.2 Å². The van der Waals surface area contributed by atoms with Gasteiger partial charge in [-0.25, -0.2) is 0 Å². The lowest BCUT2D eigenvalue weighted by molar-refractivity contribution is 0.199. The molecule has 110 valence electrons. The van der Waals surface area contributed by atoms with Gasteiger partial charge in [-0.2, -0.15) is 9.90 Å². The van der Waals surface area contributed by atoms with Crippen LogP contribution in [-0.2, 0) is 24.9 Å². The molecule has 8 nitrogen and oxygen atoms in total. The highest BCUT2D eigenvalue weighted by Crippen LogP contribution is 2.13. The second kappa shape index (κ2) is 6.58. The molecule has 0 amide bonds. The number of aryl methyl sites for hydroxylation is 2. The van der Waals surface area contributed by atoms with E-state index >= 15 is 0 Å². The molecule has 0 atom stereocenters. The Morgan fingerprint density at radius 2 is 2.05 bits per heavy atom. The molecule has 0 aliphatic carbocycles. The molecule has 0 fully saturated rings. The van der Waals surface area contributed by atoms with Crippen molar-refractivity contribution in [3.05, 3.63) is 22.8 Å². The molecule has 0 bridgehead atoms. The lowest BCUT2D eigenvalue weighted by Gasteiger charge is -2.05. The van der Waals surface area contributed by atoms with Crippen LogP contribution in [0.1, 0.15) is 22.8 Å². The van der Waals surface area contributed by atoms with Gasteiger partial charge in [0, 0.05) is 31.5 Å². The fourth-order valence-electron chi connectivity index (χ4n) is 2.05. The van der Waals surface area contributed by atoms with Crippen molar-refractivity contribution in [1.82, 2.24) is 35.3 Å². The molecule has 2 heterocycles. The van der Waals surface area contributed by atoms with Crippen molar-refractivity contribution >= 4 is 0 Å². The average molecular weight is 279 g/mol. The standard InChI is InChI=1S/C12H21N7O/c1-9-11(7-13-5-6-20-4)10(2)19(15-9)8-12-14-17-18(3)16-12/h13H,5-8H2,1-4H3. The van der Waals surface area contributed by atoms with E-state index in [4.69, 9.17) is 4.74 Å². The summed E-state index contributed by atoms with van der Waals surface area (Å²) in [5, 5.41) is 19.9. The van der Waals surface area contributed by atoms with Gasteiger partial charge in [-0.05, 0) is 19.1 Å². The molecule has 1 N–H and O–H groups in total. The molecule has 0 aromatic carbocycles. The largest absolute Gasteiger partial charge is 0.383 e. The normalized spacial score (nSPS) is 11.2. The van der Waals surface area contributed by atoms with E-state index in [1.165, 1.54) is 10.4 Å². The first kappa shape index (κ1) is 14.6. The zero-order valence-electron chi connectivity index (χ0n) is 12.4. The van der Waals surface area contributed by atoms with Gasteiger partial charge in [0.2, 0.25) is 0 Å². The van der Waals surface area contributed by atoms with Crippen LogP contribution < -0.4 is 5.32 Å². The molecule has 0 aliphatic heterocycles. The minimum atomic E-state index is 0.540. The predicted molar refractivity (Wildman–Crippen MR) is 73.2 cm³/mol. The third-order valence-electron chi connectivity index (χ3n) is 3.16. The number of tetrazole rings is 1. The first-order valence-corrected chi connectivity index (χ1v) is 6.57.